The Morgan fingerprint density at radius 1 is 1.24 bits per heavy atom. The lowest BCUT2D eigenvalue weighted by Crippen LogP contribution is -1.96. The number of nitrogens with two attached hydrogens (primary N) is 1. The number of methoxy groups -OCH3 is 1. The van der Waals surface area contributed by atoms with Crippen LogP contribution >= 0.6 is 0 Å². The molecule has 0 aliphatic carbocycles. The Morgan fingerprint density at radius 3 is 2.71 bits per heavy atom. The standard InChI is InChI=1S/C13H15N3O/c1-9-5-12(17-2)3-4-13(9)16-11-6-10(14)7-15-8-11/h3-8,16H,14H2,1-2H3. The van der Waals surface area contributed by atoms with E-state index in [4.69, 9.17) is 10.5 Å². The lowest BCUT2D eigenvalue weighted by molar-refractivity contribution is 0.414. The van der Waals surface area contributed by atoms with Crippen LogP contribution in [0.1, 0.15) is 5.56 Å². The monoisotopic (exact) mass is 229 g/mol. The van der Waals surface area contributed by atoms with E-state index in [0.29, 0.717) is 5.69 Å². The molecule has 1 heterocycles. The summed E-state index contributed by atoms with van der Waals surface area (Å²) >= 11 is 0. The Kier molecular flexibility index (Phi) is 3.14. The second kappa shape index (κ2) is 4.74. The van der Waals surface area contributed by atoms with Gasteiger partial charge in [-0.05, 0) is 36.8 Å². The molecule has 0 bridgehead atoms. The Hall–Kier alpha value is -2.23. The van der Waals surface area contributed by atoms with Crippen molar-refractivity contribution in [3.05, 3.63) is 42.2 Å². The number of anilines is 3. The summed E-state index contributed by atoms with van der Waals surface area (Å²) < 4.78 is 5.16. The maximum absolute atomic E-state index is 5.67. The molecule has 0 amide bonds. The summed E-state index contributed by atoms with van der Waals surface area (Å²) in [5.41, 5.74) is 9.30. The van der Waals surface area contributed by atoms with Crippen molar-refractivity contribution in [3.8, 4) is 5.75 Å². The van der Waals surface area contributed by atoms with Crippen molar-refractivity contribution in [2.75, 3.05) is 18.2 Å². The first kappa shape index (κ1) is 11.3. The summed E-state index contributed by atoms with van der Waals surface area (Å²) in [6.45, 7) is 2.02. The van der Waals surface area contributed by atoms with Gasteiger partial charge in [-0.3, -0.25) is 4.98 Å². The van der Waals surface area contributed by atoms with Crippen molar-refractivity contribution in [3.63, 3.8) is 0 Å². The van der Waals surface area contributed by atoms with Crippen molar-refractivity contribution in [2.45, 2.75) is 6.92 Å². The molecular weight excluding hydrogens is 214 g/mol. The topological polar surface area (TPSA) is 60.2 Å². The fourth-order valence-corrected chi connectivity index (χ4v) is 1.58. The number of rotatable bonds is 3. The third-order valence-corrected chi connectivity index (χ3v) is 2.47. The number of nitrogens with zero attached hydrogens (tertiary/aromatic N) is 1. The predicted molar refractivity (Wildman–Crippen MR) is 69.7 cm³/mol. The van der Waals surface area contributed by atoms with Crippen molar-refractivity contribution < 1.29 is 4.74 Å². The highest BCUT2D eigenvalue weighted by atomic mass is 16.5. The Morgan fingerprint density at radius 2 is 2.06 bits per heavy atom. The van der Waals surface area contributed by atoms with Gasteiger partial charge in [-0.15, -0.1) is 0 Å². The van der Waals surface area contributed by atoms with Gasteiger partial charge in [0.2, 0.25) is 0 Å². The van der Waals surface area contributed by atoms with Gasteiger partial charge < -0.3 is 15.8 Å². The Labute approximate surface area is 100 Å². The first-order valence-electron chi connectivity index (χ1n) is 5.31. The summed E-state index contributed by atoms with van der Waals surface area (Å²) in [7, 11) is 1.66. The van der Waals surface area contributed by atoms with Crippen LogP contribution in [-0.4, -0.2) is 12.1 Å². The predicted octanol–water partition coefficient (Wildman–Crippen LogP) is 2.72. The van der Waals surface area contributed by atoms with Gasteiger partial charge in [0.15, 0.2) is 0 Å². The van der Waals surface area contributed by atoms with E-state index in [0.717, 1.165) is 22.7 Å². The highest BCUT2D eigenvalue weighted by molar-refractivity contribution is 5.65. The zero-order valence-corrected chi connectivity index (χ0v) is 9.90. The summed E-state index contributed by atoms with van der Waals surface area (Å²) in [5.74, 6) is 0.846. The first-order valence-corrected chi connectivity index (χ1v) is 5.31. The van der Waals surface area contributed by atoms with Crippen LogP contribution in [0.15, 0.2) is 36.7 Å². The molecule has 4 nitrogen and oxygen atoms in total. The van der Waals surface area contributed by atoms with E-state index in [-0.39, 0.29) is 0 Å². The van der Waals surface area contributed by atoms with Crippen molar-refractivity contribution >= 4 is 17.1 Å². The van der Waals surface area contributed by atoms with Crippen LogP contribution in [0.3, 0.4) is 0 Å². The second-order valence-electron chi connectivity index (χ2n) is 3.81. The normalized spacial score (nSPS) is 10.0. The molecule has 0 saturated heterocycles. The first-order chi connectivity index (χ1) is 8.19. The van der Waals surface area contributed by atoms with E-state index in [1.54, 1.807) is 19.5 Å². The van der Waals surface area contributed by atoms with E-state index >= 15 is 0 Å². The average molecular weight is 229 g/mol. The maximum atomic E-state index is 5.67. The van der Waals surface area contributed by atoms with Gasteiger partial charge in [0, 0.05) is 11.9 Å². The number of nitrogen functional groups attached to an aromatic ring is 1. The number of benzene rings is 1. The summed E-state index contributed by atoms with van der Waals surface area (Å²) in [6.07, 6.45) is 3.35. The highest BCUT2D eigenvalue weighted by Crippen LogP contribution is 2.24. The van der Waals surface area contributed by atoms with Crippen molar-refractivity contribution in [1.82, 2.24) is 4.98 Å². The zero-order chi connectivity index (χ0) is 12.3. The molecule has 2 aromatic rings. The third kappa shape index (κ3) is 2.66. The van der Waals surface area contributed by atoms with Gasteiger partial charge in [0.1, 0.15) is 5.75 Å². The number of aryl methyl sites for hydroxylation is 1. The van der Waals surface area contributed by atoms with Gasteiger partial charge in [0.25, 0.3) is 0 Å². The Bertz CT molecular complexity index is 526. The minimum Gasteiger partial charge on any atom is -0.497 e. The minimum absolute atomic E-state index is 0.640. The van der Waals surface area contributed by atoms with Crippen molar-refractivity contribution in [1.29, 1.82) is 0 Å². The third-order valence-electron chi connectivity index (χ3n) is 2.47. The van der Waals surface area contributed by atoms with Crippen LogP contribution in [0, 0.1) is 6.92 Å². The molecule has 4 heteroatoms. The zero-order valence-electron chi connectivity index (χ0n) is 9.90. The summed E-state index contributed by atoms with van der Waals surface area (Å²) in [6, 6.07) is 7.70. The lowest BCUT2D eigenvalue weighted by Gasteiger charge is -2.10. The molecule has 1 aromatic carbocycles. The van der Waals surface area contributed by atoms with E-state index in [9.17, 15) is 0 Å². The van der Waals surface area contributed by atoms with Crippen LogP contribution in [0.5, 0.6) is 5.75 Å². The van der Waals surface area contributed by atoms with Crippen LogP contribution < -0.4 is 15.8 Å². The number of pyridine rings is 1. The van der Waals surface area contributed by atoms with E-state index < -0.39 is 0 Å². The van der Waals surface area contributed by atoms with E-state index in [2.05, 4.69) is 10.3 Å². The lowest BCUT2D eigenvalue weighted by atomic mass is 10.2. The molecule has 2 rings (SSSR count). The number of ether oxygens (including phenoxy) is 1. The molecule has 0 fully saturated rings. The average Bonchev–Trinajstić information content (AvgIpc) is 2.32. The Balaban J connectivity index is 2.24. The molecular formula is C13H15N3O. The van der Waals surface area contributed by atoms with Gasteiger partial charge >= 0.3 is 0 Å². The fraction of sp³-hybridized carbons (Fsp3) is 0.154. The van der Waals surface area contributed by atoms with Crippen LogP contribution in [0.4, 0.5) is 17.1 Å². The van der Waals surface area contributed by atoms with Gasteiger partial charge in [-0.25, -0.2) is 0 Å². The quantitative estimate of drug-likeness (QED) is 0.849. The maximum Gasteiger partial charge on any atom is 0.119 e. The largest absolute Gasteiger partial charge is 0.497 e. The molecule has 0 radical (unpaired) electrons. The number of aromatic nitrogens is 1. The number of hydrogen-bond donors (Lipinski definition) is 2. The molecule has 88 valence electrons. The fourth-order valence-electron chi connectivity index (χ4n) is 1.58. The van der Waals surface area contributed by atoms with Crippen LogP contribution in [-0.2, 0) is 0 Å². The highest BCUT2D eigenvalue weighted by Gasteiger charge is 2.01. The van der Waals surface area contributed by atoms with E-state index in [1.165, 1.54) is 0 Å². The molecule has 0 aliphatic rings. The van der Waals surface area contributed by atoms with Crippen LogP contribution in [0.2, 0.25) is 0 Å². The molecule has 0 aliphatic heterocycles. The molecule has 0 saturated carbocycles. The van der Waals surface area contributed by atoms with E-state index in [1.807, 2.05) is 31.2 Å². The summed E-state index contributed by atoms with van der Waals surface area (Å²) in [4.78, 5) is 4.03. The molecule has 17 heavy (non-hydrogen) atoms. The molecule has 0 spiro atoms. The second-order valence-corrected chi connectivity index (χ2v) is 3.81. The SMILES string of the molecule is COc1ccc(Nc2cncc(N)c2)c(C)c1. The molecule has 3 N–H and O–H groups in total. The molecule has 0 unspecified atom stereocenters. The van der Waals surface area contributed by atoms with Crippen molar-refractivity contribution in [2.24, 2.45) is 0 Å². The summed E-state index contributed by atoms with van der Waals surface area (Å²) in [5, 5.41) is 3.27. The molecule has 0 atom stereocenters. The van der Waals surface area contributed by atoms with Gasteiger partial charge in [-0.2, -0.15) is 0 Å². The number of nitrogens with one attached hydrogen (secondary N) is 1. The van der Waals surface area contributed by atoms with Crippen LogP contribution in [0.25, 0.3) is 0 Å². The minimum atomic E-state index is 0.640. The smallest absolute Gasteiger partial charge is 0.119 e. The van der Waals surface area contributed by atoms with Gasteiger partial charge in [-0.1, -0.05) is 0 Å². The number of hydrogen-bond acceptors (Lipinski definition) is 4. The molecule has 1 aromatic heterocycles. The van der Waals surface area contributed by atoms with Gasteiger partial charge in [0.05, 0.1) is 24.7 Å².